The Morgan fingerprint density at radius 2 is 1.56 bits per heavy atom. The Hall–Kier alpha value is -3.12. The minimum Gasteiger partial charge on any atom is -0.483 e. The van der Waals surface area contributed by atoms with Gasteiger partial charge in [0.1, 0.15) is 11.8 Å². The summed E-state index contributed by atoms with van der Waals surface area (Å²) in [6, 6.07) is 24.6. The number of hydrogen-bond donors (Lipinski definition) is 1. The normalized spacial score (nSPS) is 11.9. The molecule has 0 unspecified atom stereocenters. The zero-order chi connectivity index (χ0) is 26.1. The molecule has 5 nitrogen and oxygen atoms in total. The van der Waals surface area contributed by atoms with Gasteiger partial charge in [-0.15, -0.1) is 0 Å². The molecule has 0 heterocycles. The minimum atomic E-state index is -0.690. The van der Waals surface area contributed by atoms with Gasteiger partial charge in [0.2, 0.25) is 5.91 Å². The lowest BCUT2D eigenvalue weighted by Crippen LogP contribution is -2.52. The maximum absolute atomic E-state index is 13.7. The number of amides is 2. The monoisotopic (exact) mass is 550 g/mol. The van der Waals surface area contributed by atoms with Crippen LogP contribution in [-0.2, 0) is 22.6 Å². The van der Waals surface area contributed by atoms with E-state index in [2.05, 4.69) is 35.1 Å². The van der Waals surface area contributed by atoms with Gasteiger partial charge in [0, 0.05) is 23.5 Å². The molecule has 0 spiro atoms. The Kier molecular flexibility index (Phi) is 10.1. The van der Waals surface area contributed by atoms with Crippen LogP contribution in [-0.4, -0.2) is 35.4 Å². The van der Waals surface area contributed by atoms with Crippen LogP contribution in [0.5, 0.6) is 5.75 Å². The minimum absolute atomic E-state index is 0.0484. The third kappa shape index (κ3) is 7.95. The molecule has 2 amide bonds. The third-order valence-corrected chi connectivity index (χ3v) is 6.33. The van der Waals surface area contributed by atoms with E-state index < -0.39 is 6.04 Å². The average molecular weight is 552 g/mol. The lowest BCUT2D eigenvalue weighted by molar-refractivity contribution is -0.143. The van der Waals surface area contributed by atoms with Crippen molar-refractivity contribution in [2.24, 2.45) is 0 Å². The first kappa shape index (κ1) is 27.5. The van der Waals surface area contributed by atoms with Gasteiger partial charge in [0.15, 0.2) is 6.61 Å². The molecule has 3 rings (SSSR count). The summed E-state index contributed by atoms with van der Waals surface area (Å²) < 4.78 is 6.95. The number of nitrogens with one attached hydrogen (secondary N) is 1. The van der Waals surface area contributed by atoms with E-state index in [9.17, 15) is 9.59 Å². The van der Waals surface area contributed by atoms with Crippen molar-refractivity contribution < 1.29 is 14.3 Å². The molecule has 0 aliphatic heterocycles. The molecule has 0 saturated heterocycles. The molecule has 6 heteroatoms. The van der Waals surface area contributed by atoms with Gasteiger partial charge < -0.3 is 15.0 Å². The van der Waals surface area contributed by atoms with E-state index in [1.807, 2.05) is 92.7 Å². The predicted octanol–water partition coefficient (Wildman–Crippen LogP) is 6.12. The highest BCUT2D eigenvalue weighted by atomic mass is 79.9. The molecule has 3 aromatic carbocycles. The van der Waals surface area contributed by atoms with E-state index in [1.54, 1.807) is 4.90 Å². The van der Waals surface area contributed by atoms with Crippen molar-refractivity contribution in [3.63, 3.8) is 0 Å². The average Bonchev–Trinajstić information content (AvgIpc) is 2.85. The number of rotatable bonds is 11. The number of hydrogen-bond acceptors (Lipinski definition) is 3. The second-order valence-corrected chi connectivity index (χ2v) is 10.4. The van der Waals surface area contributed by atoms with Crippen LogP contribution in [0.1, 0.15) is 50.3 Å². The van der Waals surface area contributed by atoms with Crippen LogP contribution < -0.4 is 10.1 Å². The quantitative estimate of drug-likeness (QED) is 0.313. The molecule has 1 atom stereocenters. The summed E-state index contributed by atoms with van der Waals surface area (Å²) in [5, 5.41) is 3.01. The number of nitrogens with zero attached hydrogens (tertiary/aromatic N) is 1. The van der Waals surface area contributed by atoms with Gasteiger partial charge in [-0.05, 0) is 54.7 Å². The predicted molar refractivity (Wildman–Crippen MR) is 148 cm³/mol. The summed E-state index contributed by atoms with van der Waals surface area (Å²) in [7, 11) is 0. The first-order valence-corrected chi connectivity index (χ1v) is 13.1. The van der Waals surface area contributed by atoms with Gasteiger partial charge in [0.05, 0.1) is 0 Å². The molecular weight excluding hydrogens is 516 g/mol. The fraction of sp³-hybridized carbons (Fsp3) is 0.333. The number of halogens is 1. The van der Waals surface area contributed by atoms with Gasteiger partial charge in [-0.3, -0.25) is 9.59 Å². The second kappa shape index (κ2) is 13.3. The number of para-hydroxylation sites is 1. The molecule has 1 N–H and O–H groups in total. The SMILES string of the molecule is CC(C)NC(=O)[C@H](Cc1ccccc1)N(Cc1cccc(Br)c1)C(=O)COc1ccccc1C(C)C. The van der Waals surface area contributed by atoms with E-state index >= 15 is 0 Å². The van der Waals surface area contributed by atoms with Crippen molar-refractivity contribution >= 4 is 27.7 Å². The fourth-order valence-electron chi connectivity index (χ4n) is 4.08. The number of benzene rings is 3. The summed E-state index contributed by atoms with van der Waals surface area (Å²) in [5.41, 5.74) is 2.96. The number of carbonyl (C=O) groups excluding carboxylic acids is 2. The number of carbonyl (C=O) groups is 2. The zero-order valence-corrected chi connectivity index (χ0v) is 23.0. The Bertz CT molecular complexity index is 1150. The van der Waals surface area contributed by atoms with E-state index in [4.69, 9.17) is 4.74 Å². The summed E-state index contributed by atoms with van der Waals surface area (Å²) in [4.78, 5) is 28.8. The lowest BCUT2D eigenvalue weighted by Gasteiger charge is -2.32. The molecule has 190 valence electrons. The van der Waals surface area contributed by atoms with Crippen molar-refractivity contribution in [1.29, 1.82) is 0 Å². The summed E-state index contributed by atoms with van der Waals surface area (Å²) in [6.45, 7) is 8.16. The van der Waals surface area contributed by atoms with E-state index in [0.717, 1.165) is 21.2 Å². The van der Waals surface area contributed by atoms with Crippen molar-refractivity contribution in [2.45, 2.75) is 58.7 Å². The van der Waals surface area contributed by atoms with Crippen LogP contribution in [0.2, 0.25) is 0 Å². The Labute approximate surface area is 223 Å². The molecule has 0 bridgehead atoms. The lowest BCUT2D eigenvalue weighted by atomic mass is 10.0. The molecule has 0 aliphatic rings. The topological polar surface area (TPSA) is 58.6 Å². The van der Waals surface area contributed by atoms with Crippen LogP contribution in [0.15, 0.2) is 83.3 Å². The number of ether oxygens (including phenoxy) is 1. The highest BCUT2D eigenvalue weighted by Gasteiger charge is 2.31. The van der Waals surface area contributed by atoms with Gasteiger partial charge in [-0.2, -0.15) is 0 Å². The summed E-state index contributed by atoms with van der Waals surface area (Å²) >= 11 is 3.52. The first-order chi connectivity index (χ1) is 17.2. The molecular formula is C30H35BrN2O3. The standard InChI is InChI=1S/C30H35BrN2O3/c1-21(2)26-15-8-9-16-28(26)36-20-29(34)33(19-24-13-10-14-25(31)17-24)27(30(35)32-22(3)4)18-23-11-6-5-7-12-23/h5-17,21-22,27H,18-20H2,1-4H3,(H,32,35)/t27-/m0/s1. The molecule has 3 aromatic rings. The Morgan fingerprint density at radius 3 is 2.22 bits per heavy atom. The molecule has 0 aromatic heterocycles. The fourth-order valence-corrected chi connectivity index (χ4v) is 4.52. The van der Waals surface area contributed by atoms with Gasteiger partial charge >= 0.3 is 0 Å². The third-order valence-electron chi connectivity index (χ3n) is 5.84. The van der Waals surface area contributed by atoms with Crippen LogP contribution in [0.25, 0.3) is 0 Å². The highest BCUT2D eigenvalue weighted by molar-refractivity contribution is 9.10. The van der Waals surface area contributed by atoms with Gasteiger partial charge in [-0.1, -0.05) is 90.4 Å². The van der Waals surface area contributed by atoms with Gasteiger partial charge in [0.25, 0.3) is 5.91 Å². The molecule has 36 heavy (non-hydrogen) atoms. The Balaban J connectivity index is 1.93. The van der Waals surface area contributed by atoms with Crippen molar-refractivity contribution in [3.05, 3.63) is 100 Å². The molecule has 0 saturated carbocycles. The zero-order valence-electron chi connectivity index (χ0n) is 21.4. The van der Waals surface area contributed by atoms with E-state index in [-0.39, 0.29) is 36.9 Å². The van der Waals surface area contributed by atoms with E-state index in [1.165, 1.54) is 0 Å². The van der Waals surface area contributed by atoms with Crippen LogP contribution in [0.3, 0.4) is 0 Å². The molecule has 0 aliphatic carbocycles. The van der Waals surface area contributed by atoms with E-state index in [0.29, 0.717) is 12.2 Å². The summed E-state index contributed by atoms with van der Waals surface area (Å²) in [6.07, 6.45) is 0.404. The van der Waals surface area contributed by atoms with Crippen molar-refractivity contribution in [1.82, 2.24) is 10.2 Å². The van der Waals surface area contributed by atoms with Crippen LogP contribution in [0, 0.1) is 0 Å². The maximum atomic E-state index is 13.7. The highest BCUT2D eigenvalue weighted by Crippen LogP contribution is 2.26. The van der Waals surface area contributed by atoms with Crippen molar-refractivity contribution in [2.75, 3.05) is 6.61 Å². The second-order valence-electron chi connectivity index (χ2n) is 9.50. The first-order valence-electron chi connectivity index (χ1n) is 12.3. The van der Waals surface area contributed by atoms with Crippen LogP contribution >= 0.6 is 15.9 Å². The summed E-state index contributed by atoms with van der Waals surface area (Å²) in [5.74, 6) is 0.527. The van der Waals surface area contributed by atoms with Gasteiger partial charge in [-0.25, -0.2) is 0 Å². The van der Waals surface area contributed by atoms with Crippen LogP contribution in [0.4, 0.5) is 0 Å². The van der Waals surface area contributed by atoms with Crippen molar-refractivity contribution in [3.8, 4) is 5.75 Å². The molecule has 0 radical (unpaired) electrons. The maximum Gasteiger partial charge on any atom is 0.261 e. The largest absolute Gasteiger partial charge is 0.483 e. The molecule has 0 fully saturated rings. The Morgan fingerprint density at radius 1 is 0.889 bits per heavy atom. The smallest absolute Gasteiger partial charge is 0.261 e.